The summed E-state index contributed by atoms with van der Waals surface area (Å²) in [6.07, 6.45) is 0. The van der Waals surface area contributed by atoms with Crippen LogP contribution in [0.4, 0.5) is 5.69 Å². The number of aryl methyl sites for hydroxylation is 2. The Morgan fingerprint density at radius 3 is 2.42 bits per heavy atom. The van der Waals surface area contributed by atoms with E-state index in [-0.39, 0.29) is 21.9 Å². The monoisotopic (exact) mass is 349 g/mol. The van der Waals surface area contributed by atoms with Crippen molar-refractivity contribution in [3.63, 3.8) is 0 Å². The maximum atomic E-state index is 12.8. The Hall–Kier alpha value is -2.54. The smallest absolute Gasteiger partial charge is 0.337 e. The number of carboxylic acid groups (broad SMARTS) is 1. The molecule has 0 bridgehead atoms. The van der Waals surface area contributed by atoms with Crippen LogP contribution < -0.4 is 9.46 Å². The molecule has 2 rings (SSSR count). The topological polar surface area (TPSA) is 92.7 Å². The summed E-state index contributed by atoms with van der Waals surface area (Å²) in [6.45, 7) is 5.74. The molecule has 0 aliphatic carbocycles. The molecule has 0 fully saturated rings. The maximum absolute atomic E-state index is 12.8. The van der Waals surface area contributed by atoms with Crippen LogP contribution in [0.1, 0.15) is 28.4 Å². The molecule has 0 amide bonds. The zero-order chi connectivity index (χ0) is 17.9. The third kappa shape index (κ3) is 3.68. The van der Waals surface area contributed by atoms with Crippen molar-refractivity contribution in [2.45, 2.75) is 25.7 Å². The zero-order valence-corrected chi connectivity index (χ0v) is 14.5. The molecule has 0 aromatic heterocycles. The molecule has 0 radical (unpaired) electrons. The van der Waals surface area contributed by atoms with Crippen molar-refractivity contribution < 1.29 is 23.1 Å². The number of rotatable bonds is 6. The van der Waals surface area contributed by atoms with Gasteiger partial charge in [-0.25, -0.2) is 13.2 Å². The van der Waals surface area contributed by atoms with Gasteiger partial charge in [0.15, 0.2) is 0 Å². The van der Waals surface area contributed by atoms with Gasteiger partial charge in [-0.1, -0.05) is 12.1 Å². The first-order chi connectivity index (χ1) is 11.3. The quantitative estimate of drug-likeness (QED) is 0.835. The van der Waals surface area contributed by atoms with E-state index < -0.39 is 16.0 Å². The van der Waals surface area contributed by atoms with Gasteiger partial charge >= 0.3 is 5.97 Å². The van der Waals surface area contributed by atoms with Gasteiger partial charge in [0.2, 0.25) is 0 Å². The van der Waals surface area contributed by atoms with Crippen LogP contribution in [0.5, 0.6) is 5.75 Å². The molecule has 24 heavy (non-hydrogen) atoms. The number of aromatic carboxylic acids is 1. The third-order valence-corrected chi connectivity index (χ3v) is 4.94. The number of hydrogen-bond donors (Lipinski definition) is 2. The lowest BCUT2D eigenvalue weighted by Gasteiger charge is -2.15. The van der Waals surface area contributed by atoms with E-state index in [0.29, 0.717) is 6.61 Å². The number of anilines is 1. The SMILES string of the molecule is CCOc1cc(C)c(C)cc1S(=O)(=O)Nc1ccccc1C(=O)O. The third-order valence-electron chi connectivity index (χ3n) is 3.55. The zero-order valence-electron chi connectivity index (χ0n) is 13.7. The molecule has 0 aliphatic heterocycles. The Morgan fingerprint density at radius 1 is 1.17 bits per heavy atom. The molecule has 0 aliphatic rings. The first kappa shape index (κ1) is 17.8. The molecule has 2 N–H and O–H groups in total. The number of hydrogen-bond acceptors (Lipinski definition) is 4. The number of carboxylic acids is 1. The normalized spacial score (nSPS) is 11.1. The Bertz CT molecular complexity index is 875. The van der Waals surface area contributed by atoms with E-state index in [4.69, 9.17) is 4.74 Å². The van der Waals surface area contributed by atoms with Crippen LogP contribution in [-0.4, -0.2) is 26.1 Å². The van der Waals surface area contributed by atoms with Gasteiger partial charge in [-0.2, -0.15) is 0 Å². The minimum Gasteiger partial charge on any atom is -0.492 e. The first-order valence-electron chi connectivity index (χ1n) is 7.35. The highest BCUT2D eigenvalue weighted by molar-refractivity contribution is 7.92. The standard InChI is InChI=1S/C17H19NO5S/c1-4-23-15-9-11(2)12(3)10-16(15)24(21,22)18-14-8-6-5-7-13(14)17(19)20/h5-10,18H,4H2,1-3H3,(H,19,20). The predicted molar refractivity (Wildman–Crippen MR) is 91.3 cm³/mol. The fourth-order valence-electron chi connectivity index (χ4n) is 2.20. The minimum atomic E-state index is -4.00. The second kappa shape index (κ2) is 6.92. The van der Waals surface area contributed by atoms with E-state index in [9.17, 15) is 18.3 Å². The van der Waals surface area contributed by atoms with Crippen molar-refractivity contribution in [1.82, 2.24) is 0 Å². The highest BCUT2D eigenvalue weighted by atomic mass is 32.2. The van der Waals surface area contributed by atoms with Crippen LogP contribution in [-0.2, 0) is 10.0 Å². The lowest BCUT2D eigenvalue weighted by Crippen LogP contribution is -2.17. The Kier molecular flexibility index (Phi) is 5.14. The molecular formula is C17H19NO5S. The van der Waals surface area contributed by atoms with Crippen molar-refractivity contribution in [1.29, 1.82) is 0 Å². The lowest BCUT2D eigenvalue weighted by molar-refractivity contribution is 0.0698. The van der Waals surface area contributed by atoms with Crippen molar-refractivity contribution >= 4 is 21.7 Å². The van der Waals surface area contributed by atoms with Gasteiger partial charge in [0.05, 0.1) is 17.9 Å². The number of ether oxygens (including phenoxy) is 1. The molecule has 0 saturated carbocycles. The average molecular weight is 349 g/mol. The van der Waals surface area contributed by atoms with Crippen molar-refractivity contribution in [3.05, 3.63) is 53.1 Å². The van der Waals surface area contributed by atoms with Gasteiger partial charge in [-0.15, -0.1) is 0 Å². The summed E-state index contributed by atoms with van der Waals surface area (Å²) in [7, 11) is -4.00. The molecule has 0 unspecified atom stereocenters. The summed E-state index contributed by atoms with van der Waals surface area (Å²) in [6, 6.07) is 9.02. The van der Waals surface area contributed by atoms with Gasteiger partial charge in [0, 0.05) is 0 Å². The summed E-state index contributed by atoms with van der Waals surface area (Å²) >= 11 is 0. The van der Waals surface area contributed by atoms with Crippen LogP contribution in [0.3, 0.4) is 0 Å². The lowest BCUT2D eigenvalue weighted by atomic mass is 10.1. The van der Waals surface area contributed by atoms with Gasteiger partial charge in [0.1, 0.15) is 10.6 Å². The van der Waals surface area contributed by atoms with Crippen LogP contribution >= 0.6 is 0 Å². The Morgan fingerprint density at radius 2 is 1.79 bits per heavy atom. The van der Waals surface area contributed by atoms with E-state index in [2.05, 4.69) is 4.72 Å². The number of carbonyl (C=O) groups is 1. The predicted octanol–water partition coefficient (Wildman–Crippen LogP) is 3.20. The minimum absolute atomic E-state index is 0.00526. The van der Waals surface area contributed by atoms with Crippen molar-refractivity contribution in [2.75, 3.05) is 11.3 Å². The van der Waals surface area contributed by atoms with E-state index in [0.717, 1.165) is 11.1 Å². The number of benzene rings is 2. The molecule has 0 spiro atoms. The molecule has 6 nitrogen and oxygen atoms in total. The molecule has 0 saturated heterocycles. The molecule has 7 heteroatoms. The summed E-state index contributed by atoms with van der Waals surface area (Å²) in [5.74, 6) is -0.973. The summed E-state index contributed by atoms with van der Waals surface area (Å²) in [5, 5.41) is 9.19. The van der Waals surface area contributed by atoms with Crippen LogP contribution in [0.15, 0.2) is 41.3 Å². The molecular weight excluding hydrogens is 330 g/mol. The van der Waals surface area contributed by atoms with Crippen molar-refractivity contribution in [2.24, 2.45) is 0 Å². The van der Waals surface area contributed by atoms with Crippen molar-refractivity contribution in [3.8, 4) is 5.75 Å². The molecule has 2 aromatic rings. The van der Waals surface area contributed by atoms with E-state index >= 15 is 0 Å². The average Bonchev–Trinajstić information content (AvgIpc) is 2.50. The van der Waals surface area contributed by atoms with Crippen LogP contribution in [0.25, 0.3) is 0 Å². The van der Waals surface area contributed by atoms with E-state index in [1.807, 2.05) is 6.92 Å². The van der Waals surface area contributed by atoms with E-state index in [1.54, 1.807) is 26.0 Å². The maximum Gasteiger partial charge on any atom is 0.337 e. The second-order valence-corrected chi connectivity index (χ2v) is 6.92. The largest absolute Gasteiger partial charge is 0.492 e. The van der Waals surface area contributed by atoms with Crippen LogP contribution in [0.2, 0.25) is 0 Å². The fourth-order valence-corrected chi connectivity index (χ4v) is 3.49. The second-order valence-electron chi connectivity index (χ2n) is 5.27. The Balaban J connectivity index is 2.52. The highest BCUT2D eigenvalue weighted by Crippen LogP contribution is 2.30. The summed E-state index contributed by atoms with van der Waals surface area (Å²) in [5.41, 5.74) is 1.59. The summed E-state index contributed by atoms with van der Waals surface area (Å²) < 4.78 is 33.3. The highest BCUT2D eigenvalue weighted by Gasteiger charge is 2.23. The number of nitrogens with one attached hydrogen (secondary N) is 1. The van der Waals surface area contributed by atoms with Gasteiger partial charge in [0.25, 0.3) is 10.0 Å². The van der Waals surface area contributed by atoms with Gasteiger partial charge in [-0.3, -0.25) is 4.72 Å². The molecule has 2 aromatic carbocycles. The molecule has 0 heterocycles. The van der Waals surface area contributed by atoms with Crippen LogP contribution in [0, 0.1) is 13.8 Å². The van der Waals surface area contributed by atoms with E-state index in [1.165, 1.54) is 24.3 Å². The van der Waals surface area contributed by atoms with Gasteiger partial charge < -0.3 is 9.84 Å². The molecule has 0 atom stereocenters. The molecule has 128 valence electrons. The first-order valence-corrected chi connectivity index (χ1v) is 8.83. The summed E-state index contributed by atoms with van der Waals surface area (Å²) in [4.78, 5) is 11.2. The fraction of sp³-hybridized carbons (Fsp3) is 0.235. The Labute approximate surface area is 141 Å². The van der Waals surface area contributed by atoms with Gasteiger partial charge in [-0.05, 0) is 56.2 Å². The number of para-hydroxylation sites is 1. The number of sulfonamides is 1.